The van der Waals surface area contributed by atoms with Gasteiger partial charge < -0.3 is 4.74 Å². The molecule has 4 heterocycles. The number of hydrogen-bond acceptors (Lipinski definition) is 5. The van der Waals surface area contributed by atoms with Crippen LogP contribution in [0, 0.1) is 20.8 Å². The maximum atomic E-state index is 5.47. The fraction of sp³-hybridized carbons (Fsp3) is 0.222. The van der Waals surface area contributed by atoms with Crippen molar-refractivity contribution in [1.29, 1.82) is 0 Å². The minimum absolute atomic E-state index is 0.680. The topological polar surface area (TPSA) is 65.2 Å². The predicted octanol–water partition coefficient (Wildman–Crippen LogP) is 3.27. The van der Waals surface area contributed by atoms with E-state index in [-0.39, 0.29) is 0 Å². The Labute approximate surface area is 139 Å². The van der Waals surface area contributed by atoms with Crippen LogP contribution in [-0.2, 0) is 0 Å². The van der Waals surface area contributed by atoms with Gasteiger partial charge in [-0.25, -0.2) is 15.0 Å². The SMILES string of the molecule is COc1cnccc1-c1nc(C)c2c(C)nc3ccc(C)nc3n12. The molecule has 6 nitrogen and oxygen atoms in total. The van der Waals surface area contributed by atoms with E-state index in [1.165, 1.54) is 0 Å². The Bertz CT molecular complexity index is 1080. The zero-order valence-electron chi connectivity index (χ0n) is 14.0. The maximum Gasteiger partial charge on any atom is 0.165 e. The van der Waals surface area contributed by atoms with Gasteiger partial charge in [-0.2, -0.15) is 0 Å². The van der Waals surface area contributed by atoms with Gasteiger partial charge in [0.15, 0.2) is 5.65 Å². The van der Waals surface area contributed by atoms with Gasteiger partial charge in [-0.3, -0.25) is 9.38 Å². The highest BCUT2D eigenvalue weighted by Gasteiger charge is 2.19. The van der Waals surface area contributed by atoms with E-state index >= 15 is 0 Å². The molecule has 4 aromatic rings. The Balaban J connectivity index is 2.21. The van der Waals surface area contributed by atoms with Crippen LogP contribution >= 0.6 is 0 Å². The molecule has 4 aromatic heterocycles. The molecule has 4 rings (SSSR count). The van der Waals surface area contributed by atoms with Crippen molar-refractivity contribution in [2.45, 2.75) is 20.8 Å². The van der Waals surface area contributed by atoms with Crippen molar-refractivity contribution >= 4 is 16.7 Å². The normalized spacial score (nSPS) is 11.3. The van der Waals surface area contributed by atoms with Crippen LogP contribution in [-0.4, -0.2) is 31.4 Å². The summed E-state index contributed by atoms with van der Waals surface area (Å²) in [5.41, 5.74) is 6.28. The summed E-state index contributed by atoms with van der Waals surface area (Å²) in [4.78, 5) is 18.3. The molecule has 0 bridgehead atoms. The van der Waals surface area contributed by atoms with Gasteiger partial charge in [0.2, 0.25) is 0 Å². The first-order valence-corrected chi connectivity index (χ1v) is 7.71. The Morgan fingerprint density at radius 2 is 1.75 bits per heavy atom. The zero-order valence-corrected chi connectivity index (χ0v) is 14.0. The van der Waals surface area contributed by atoms with E-state index in [9.17, 15) is 0 Å². The Hall–Kier alpha value is -3.02. The lowest BCUT2D eigenvalue weighted by atomic mass is 10.2. The van der Waals surface area contributed by atoms with Crippen LogP contribution in [0.4, 0.5) is 0 Å². The van der Waals surface area contributed by atoms with E-state index in [0.29, 0.717) is 5.75 Å². The number of hydrogen-bond donors (Lipinski definition) is 0. The first-order valence-electron chi connectivity index (χ1n) is 7.71. The molecule has 0 aliphatic carbocycles. The Morgan fingerprint density at radius 3 is 2.54 bits per heavy atom. The van der Waals surface area contributed by atoms with E-state index in [0.717, 1.165) is 45.2 Å². The highest BCUT2D eigenvalue weighted by molar-refractivity contribution is 5.82. The summed E-state index contributed by atoms with van der Waals surface area (Å²) in [6.07, 6.45) is 3.43. The molecule has 0 amide bonds. The van der Waals surface area contributed by atoms with Gasteiger partial charge >= 0.3 is 0 Å². The third kappa shape index (κ3) is 2.03. The van der Waals surface area contributed by atoms with Crippen molar-refractivity contribution < 1.29 is 4.74 Å². The zero-order chi connectivity index (χ0) is 16.8. The van der Waals surface area contributed by atoms with E-state index < -0.39 is 0 Å². The summed E-state index contributed by atoms with van der Waals surface area (Å²) in [6, 6.07) is 5.87. The average Bonchev–Trinajstić information content (AvgIpc) is 2.94. The van der Waals surface area contributed by atoms with Crippen molar-refractivity contribution in [3.05, 3.63) is 47.7 Å². The number of nitrogens with zero attached hydrogens (tertiary/aromatic N) is 5. The second-order valence-corrected chi connectivity index (χ2v) is 5.77. The van der Waals surface area contributed by atoms with E-state index in [1.54, 1.807) is 19.5 Å². The molecule has 0 aromatic carbocycles. The molecule has 0 atom stereocenters. The van der Waals surface area contributed by atoms with E-state index in [2.05, 4.69) is 14.4 Å². The van der Waals surface area contributed by atoms with Crippen molar-refractivity contribution in [2.24, 2.45) is 0 Å². The third-order valence-corrected chi connectivity index (χ3v) is 4.13. The minimum Gasteiger partial charge on any atom is -0.494 e. The quantitative estimate of drug-likeness (QED) is 0.567. The smallest absolute Gasteiger partial charge is 0.165 e. The maximum absolute atomic E-state index is 5.47. The number of pyridine rings is 2. The van der Waals surface area contributed by atoms with Gasteiger partial charge in [0.05, 0.1) is 35.8 Å². The molecule has 0 radical (unpaired) electrons. The highest BCUT2D eigenvalue weighted by Crippen LogP contribution is 2.32. The summed E-state index contributed by atoms with van der Waals surface area (Å²) in [6.45, 7) is 5.96. The van der Waals surface area contributed by atoms with Gasteiger partial charge in [-0.05, 0) is 39.0 Å². The number of ether oxygens (including phenoxy) is 1. The van der Waals surface area contributed by atoms with Gasteiger partial charge in [0, 0.05) is 11.9 Å². The lowest BCUT2D eigenvalue weighted by Crippen LogP contribution is -2.01. The standard InChI is InChI=1S/C18H17N5O/c1-10-5-6-14-18(20-10)23-16(11(2)21-14)12(3)22-17(23)13-7-8-19-9-15(13)24-4/h5-9H,1-4H3. The summed E-state index contributed by atoms with van der Waals surface area (Å²) in [5.74, 6) is 1.47. The molecule has 6 heteroatoms. The lowest BCUT2D eigenvalue weighted by molar-refractivity contribution is 0.414. The fourth-order valence-electron chi connectivity index (χ4n) is 3.09. The minimum atomic E-state index is 0.680. The first kappa shape index (κ1) is 14.6. The second kappa shape index (κ2) is 5.26. The van der Waals surface area contributed by atoms with Crippen LogP contribution in [0.5, 0.6) is 5.75 Å². The van der Waals surface area contributed by atoms with Crippen molar-refractivity contribution in [3.8, 4) is 17.1 Å². The number of aryl methyl sites for hydroxylation is 3. The molecule has 0 saturated carbocycles. The number of rotatable bonds is 2. The molecular weight excluding hydrogens is 302 g/mol. The van der Waals surface area contributed by atoms with Crippen molar-refractivity contribution in [3.63, 3.8) is 0 Å². The van der Waals surface area contributed by atoms with E-state index in [4.69, 9.17) is 14.7 Å². The summed E-state index contributed by atoms with van der Waals surface area (Å²) in [7, 11) is 1.64. The molecule has 0 aliphatic rings. The van der Waals surface area contributed by atoms with Crippen LogP contribution < -0.4 is 4.74 Å². The fourth-order valence-corrected chi connectivity index (χ4v) is 3.09. The molecule has 0 spiro atoms. The van der Waals surface area contributed by atoms with Crippen LogP contribution in [0.3, 0.4) is 0 Å². The molecular formula is C18H17N5O. The van der Waals surface area contributed by atoms with Crippen molar-refractivity contribution in [1.82, 2.24) is 24.3 Å². The van der Waals surface area contributed by atoms with Gasteiger partial charge in [-0.15, -0.1) is 0 Å². The Kier molecular flexibility index (Phi) is 3.19. The van der Waals surface area contributed by atoms with Crippen LogP contribution in [0.1, 0.15) is 17.1 Å². The lowest BCUT2D eigenvalue weighted by Gasteiger charge is -2.10. The summed E-state index contributed by atoms with van der Waals surface area (Å²) >= 11 is 0. The monoisotopic (exact) mass is 319 g/mol. The molecule has 0 aliphatic heterocycles. The van der Waals surface area contributed by atoms with Crippen molar-refractivity contribution in [2.75, 3.05) is 7.11 Å². The van der Waals surface area contributed by atoms with Gasteiger partial charge in [-0.1, -0.05) is 0 Å². The number of methoxy groups -OCH3 is 1. The predicted molar refractivity (Wildman–Crippen MR) is 92.3 cm³/mol. The van der Waals surface area contributed by atoms with Gasteiger partial charge in [0.25, 0.3) is 0 Å². The molecule has 0 saturated heterocycles. The van der Waals surface area contributed by atoms with E-state index in [1.807, 2.05) is 39.0 Å². The van der Waals surface area contributed by atoms with Crippen LogP contribution in [0.15, 0.2) is 30.6 Å². The van der Waals surface area contributed by atoms with Crippen LogP contribution in [0.2, 0.25) is 0 Å². The average molecular weight is 319 g/mol. The largest absolute Gasteiger partial charge is 0.494 e. The number of imidazole rings is 1. The molecule has 0 fully saturated rings. The Morgan fingerprint density at radius 1 is 0.958 bits per heavy atom. The third-order valence-electron chi connectivity index (χ3n) is 4.13. The van der Waals surface area contributed by atoms with Gasteiger partial charge in [0.1, 0.15) is 17.1 Å². The number of aromatic nitrogens is 5. The molecule has 0 unspecified atom stereocenters. The summed E-state index contributed by atoms with van der Waals surface area (Å²) in [5, 5.41) is 0. The highest BCUT2D eigenvalue weighted by atomic mass is 16.5. The number of fused-ring (bicyclic) bond motifs is 3. The first-order chi connectivity index (χ1) is 11.6. The molecule has 24 heavy (non-hydrogen) atoms. The van der Waals surface area contributed by atoms with Crippen LogP contribution in [0.25, 0.3) is 28.1 Å². The molecule has 0 N–H and O–H groups in total. The summed E-state index contributed by atoms with van der Waals surface area (Å²) < 4.78 is 7.54. The second-order valence-electron chi connectivity index (χ2n) is 5.77. The molecule has 120 valence electrons.